The Morgan fingerprint density at radius 1 is 1.32 bits per heavy atom. The van der Waals surface area contributed by atoms with Gasteiger partial charge in [0.2, 0.25) is 0 Å². The van der Waals surface area contributed by atoms with Crippen molar-refractivity contribution in [3.8, 4) is 5.75 Å². The van der Waals surface area contributed by atoms with Gasteiger partial charge in [-0.3, -0.25) is 4.98 Å². The summed E-state index contributed by atoms with van der Waals surface area (Å²) in [5.74, 6) is 0.550. The number of halogens is 2. The number of aromatic nitrogens is 2. The molecular weight excluding hydrogens is 252 g/mol. The molecule has 2 rings (SSSR count). The highest BCUT2D eigenvalue weighted by Gasteiger charge is 2.09. The van der Waals surface area contributed by atoms with Crippen molar-refractivity contribution in [2.45, 2.75) is 13.0 Å². The summed E-state index contributed by atoms with van der Waals surface area (Å²) in [6, 6.07) is 6.23. The van der Waals surface area contributed by atoms with Crippen LogP contribution in [0.4, 0.5) is 14.5 Å². The number of alkyl halides is 2. The standard InChI is InChI=1S/C13H13F2N3O/c1-16-10-5-6-17-7-12(10)19-8-9-3-2-4-11(18-9)13(14)15/h2-7,13H,8H2,1H3,(H,16,17). The van der Waals surface area contributed by atoms with E-state index in [-0.39, 0.29) is 12.3 Å². The van der Waals surface area contributed by atoms with E-state index in [1.165, 1.54) is 12.1 Å². The van der Waals surface area contributed by atoms with Gasteiger partial charge < -0.3 is 10.1 Å². The van der Waals surface area contributed by atoms with Crippen molar-refractivity contribution >= 4 is 5.69 Å². The van der Waals surface area contributed by atoms with Gasteiger partial charge in [-0.05, 0) is 18.2 Å². The van der Waals surface area contributed by atoms with E-state index in [1.54, 1.807) is 31.6 Å². The van der Waals surface area contributed by atoms with Crippen LogP contribution in [0.3, 0.4) is 0 Å². The lowest BCUT2D eigenvalue weighted by atomic mass is 10.3. The third-order valence-corrected chi connectivity index (χ3v) is 2.48. The Hall–Kier alpha value is -2.24. The number of hydrogen-bond acceptors (Lipinski definition) is 4. The lowest BCUT2D eigenvalue weighted by Crippen LogP contribution is -2.03. The average molecular weight is 265 g/mol. The Kier molecular flexibility index (Phi) is 4.22. The molecule has 0 fully saturated rings. The van der Waals surface area contributed by atoms with Crippen LogP contribution in [-0.4, -0.2) is 17.0 Å². The zero-order chi connectivity index (χ0) is 13.7. The molecule has 0 spiro atoms. The quantitative estimate of drug-likeness (QED) is 0.902. The molecule has 0 aromatic carbocycles. The van der Waals surface area contributed by atoms with Crippen molar-refractivity contribution in [1.29, 1.82) is 0 Å². The molecule has 0 aliphatic rings. The lowest BCUT2D eigenvalue weighted by Gasteiger charge is -2.10. The average Bonchev–Trinajstić information content (AvgIpc) is 2.45. The van der Waals surface area contributed by atoms with Crippen LogP contribution in [0.25, 0.3) is 0 Å². The number of rotatable bonds is 5. The van der Waals surface area contributed by atoms with Gasteiger partial charge in [0, 0.05) is 13.2 Å². The molecule has 0 saturated carbocycles. The number of ether oxygens (including phenoxy) is 1. The molecule has 0 aliphatic carbocycles. The maximum atomic E-state index is 12.5. The Labute approximate surface area is 109 Å². The summed E-state index contributed by atoms with van der Waals surface area (Å²) in [4.78, 5) is 7.77. The highest BCUT2D eigenvalue weighted by molar-refractivity contribution is 5.53. The predicted molar refractivity (Wildman–Crippen MR) is 67.3 cm³/mol. The minimum Gasteiger partial charge on any atom is -0.484 e. The maximum absolute atomic E-state index is 12.5. The zero-order valence-electron chi connectivity index (χ0n) is 10.3. The van der Waals surface area contributed by atoms with Crippen LogP contribution in [0.15, 0.2) is 36.7 Å². The van der Waals surface area contributed by atoms with Gasteiger partial charge in [-0.2, -0.15) is 0 Å². The van der Waals surface area contributed by atoms with E-state index in [1.807, 2.05) is 0 Å². The van der Waals surface area contributed by atoms with Crippen molar-refractivity contribution in [1.82, 2.24) is 9.97 Å². The lowest BCUT2D eigenvalue weighted by molar-refractivity contribution is 0.145. The Balaban J connectivity index is 2.08. The third-order valence-electron chi connectivity index (χ3n) is 2.48. The van der Waals surface area contributed by atoms with E-state index in [2.05, 4.69) is 15.3 Å². The largest absolute Gasteiger partial charge is 0.484 e. The number of hydrogen-bond donors (Lipinski definition) is 1. The van der Waals surface area contributed by atoms with Gasteiger partial charge in [-0.25, -0.2) is 13.8 Å². The molecule has 2 aromatic rings. The highest BCUT2D eigenvalue weighted by atomic mass is 19.3. The molecule has 100 valence electrons. The molecular formula is C13H13F2N3O. The first-order chi connectivity index (χ1) is 9.20. The Morgan fingerprint density at radius 2 is 2.16 bits per heavy atom. The summed E-state index contributed by atoms with van der Waals surface area (Å²) >= 11 is 0. The number of pyridine rings is 2. The summed E-state index contributed by atoms with van der Waals surface area (Å²) in [7, 11) is 1.76. The fourth-order valence-corrected chi connectivity index (χ4v) is 1.55. The Bertz CT molecular complexity index is 549. The molecule has 0 radical (unpaired) electrons. The van der Waals surface area contributed by atoms with Crippen molar-refractivity contribution in [2.24, 2.45) is 0 Å². The molecule has 0 bridgehead atoms. The fourth-order valence-electron chi connectivity index (χ4n) is 1.55. The normalized spacial score (nSPS) is 10.5. The van der Waals surface area contributed by atoms with E-state index in [9.17, 15) is 8.78 Å². The van der Waals surface area contributed by atoms with E-state index in [0.717, 1.165) is 5.69 Å². The van der Waals surface area contributed by atoms with Crippen molar-refractivity contribution < 1.29 is 13.5 Å². The fraction of sp³-hybridized carbons (Fsp3) is 0.231. The highest BCUT2D eigenvalue weighted by Crippen LogP contribution is 2.23. The Morgan fingerprint density at radius 3 is 2.89 bits per heavy atom. The van der Waals surface area contributed by atoms with Gasteiger partial charge in [0.15, 0.2) is 5.75 Å². The minimum absolute atomic E-state index is 0.112. The molecule has 0 atom stereocenters. The van der Waals surface area contributed by atoms with Crippen molar-refractivity contribution in [2.75, 3.05) is 12.4 Å². The van der Waals surface area contributed by atoms with Crippen LogP contribution in [0.2, 0.25) is 0 Å². The monoisotopic (exact) mass is 265 g/mol. The third kappa shape index (κ3) is 3.37. The van der Waals surface area contributed by atoms with E-state index in [4.69, 9.17) is 4.74 Å². The summed E-state index contributed by atoms with van der Waals surface area (Å²) in [5.41, 5.74) is 0.977. The molecule has 19 heavy (non-hydrogen) atoms. The molecule has 6 heteroatoms. The molecule has 0 saturated heterocycles. The van der Waals surface area contributed by atoms with Crippen LogP contribution in [0, 0.1) is 0 Å². The number of anilines is 1. The van der Waals surface area contributed by atoms with Gasteiger partial charge in [-0.1, -0.05) is 6.07 Å². The number of nitrogens with zero attached hydrogens (tertiary/aromatic N) is 2. The molecule has 1 N–H and O–H groups in total. The molecule has 0 unspecified atom stereocenters. The second-order valence-electron chi connectivity index (χ2n) is 3.76. The molecule has 0 amide bonds. The van der Waals surface area contributed by atoms with Crippen LogP contribution in [-0.2, 0) is 6.61 Å². The van der Waals surface area contributed by atoms with Crippen molar-refractivity contribution in [3.05, 3.63) is 48.0 Å². The van der Waals surface area contributed by atoms with E-state index in [0.29, 0.717) is 11.4 Å². The topological polar surface area (TPSA) is 47.0 Å². The molecule has 0 aliphatic heterocycles. The van der Waals surface area contributed by atoms with Crippen LogP contribution in [0.5, 0.6) is 5.75 Å². The first kappa shape index (κ1) is 13.2. The maximum Gasteiger partial charge on any atom is 0.280 e. The van der Waals surface area contributed by atoms with Gasteiger partial charge >= 0.3 is 0 Å². The van der Waals surface area contributed by atoms with E-state index >= 15 is 0 Å². The van der Waals surface area contributed by atoms with Crippen LogP contribution < -0.4 is 10.1 Å². The van der Waals surface area contributed by atoms with Crippen LogP contribution in [0.1, 0.15) is 17.8 Å². The smallest absolute Gasteiger partial charge is 0.280 e. The molecule has 2 aromatic heterocycles. The molecule has 4 nitrogen and oxygen atoms in total. The second-order valence-corrected chi connectivity index (χ2v) is 3.76. The first-order valence-electron chi connectivity index (χ1n) is 5.69. The SMILES string of the molecule is CNc1ccncc1OCc1cccc(C(F)F)n1. The summed E-state index contributed by atoms with van der Waals surface area (Å²) in [5, 5.41) is 2.96. The van der Waals surface area contributed by atoms with Crippen molar-refractivity contribution in [3.63, 3.8) is 0 Å². The summed E-state index contributed by atoms with van der Waals surface area (Å²) < 4.78 is 30.5. The summed E-state index contributed by atoms with van der Waals surface area (Å²) in [6.45, 7) is 0.112. The first-order valence-corrected chi connectivity index (χ1v) is 5.69. The van der Waals surface area contributed by atoms with E-state index < -0.39 is 6.43 Å². The summed E-state index contributed by atoms with van der Waals surface area (Å²) in [6.07, 6.45) is 0.614. The number of nitrogens with one attached hydrogen (secondary N) is 1. The van der Waals surface area contributed by atoms with Gasteiger partial charge in [0.05, 0.1) is 17.6 Å². The van der Waals surface area contributed by atoms with Gasteiger partial charge in [-0.15, -0.1) is 0 Å². The van der Waals surface area contributed by atoms with Gasteiger partial charge in [0.1, 0.15) is 12.3 Å². The zero-order valence-corrected chi connectivity index (χ0v) is 10.3. The minimum atomic E-state index is -2.58. The second kappa shape index (κ2) is 6.08. The molecule has 2 heterocycles. The predicted octanol–water partition coefficient (Wildman–Crippen LogP) is 3.03. The van der Waals surface area contributed by atoms with Crippen LogP contribution >= 0.6 is 0 Å². The van der Waals surface area contributed by atoms with Gasteiger partial charge in [0.25, 0.3) is 6.43 Å².